The van der Waals surface area contributed by atoms with E-state index in [-0.39, 0.29) is 17.2 Å². The Balaban J connectivity index is 2.15. The number of carboxylic acids is 1. The SMILES string of the molecule is COc1ccc(CN(C)c2cnc(C(=O)O)cn2)cc1OC(F)F. The van der Waals surface area contributed by atoms with Crippen molar-refractivity contribution in [3.8, 4) is 11.5 Å². The van der Waals surface area contributed by atoms with Crippen LogP contribution in [0.4, 0.5) is 14.6 Å². The van der Waals surface area contributed by atoms with Gasteiger partial charge < -0.3 is 19.5 Å². The maximum Gasteiger partial charge on any atom is 0.387 e. The van der Waals surface area contributed by atoms with Crippen molar-refractivity contribution in [3.05, 3.63) is 41.9 Å². The van der Waals surface area contributed by atoms with Crippen molar-refractivity contribution in [1.29, 1.82) is 0 Å². The Morgan fingerprint density at radius 3 is 2.58 bits per heavy atom. The fourth-order valence-corrected chi connectivity index (χ4v) is 1.99. The number of benzene rings is 1. The number of nitrogens with zero attached hydrogens (tertiary/aromatic N) is 3. The minimum atomic E-state index is -2.96. The second kappa shape index (κ2) is 7.53. The summed E-state index contributed by atoms with van der Waals surface area (Å²) in [4.78, 5) is 20.2. The summed E-state index contributed by atoms with van der Waals surface area (Å²) in [7, 11) is 3.07. The van der Waals surface area contributed by atoms with E-state index < -0.39 is 12.6 Å². The number of hydrogen-bond donors (Lipinski definition) is 1. The average Bonchev–Trinajstić information content (AvgIpc) is 2.54. The summed E-state index contributed by atoms with van der Waals surface area (Å²) in [5.41, 5.74) is 0.516. The van der Waals surface area contributed by atoms with Crippen LogP contribution in [0, 0.1) is 0 Å². The van der Waals surface area contributed by atoms with Gasteiger partial charge >= 0.3 is 12.6 Å². The van der Waals surface area contributed by atoms with Gasteiger partial charge in [0.25, 0.3) is 0 Å². The van der Waals surface area contributed by atoms with Crippen LogP contribution in [0.25, 0.3) is 0 Å². The van der Waals surface area contributed by atoms with E-state index in [1.807, 2.05) is 0 Å². The molecule has 2 rings (SSSR count). The number of aromatic carboxylic acids is 1. The van der Waals surface area contributed by atoms with E-state index in [1.165, 1.54) is 25.4 Å². The first-order valence-electron chi connectivity index (χ1n) is 6.79. The van der Waals surface area contributed by atoms with Crippen LogP contribution >= 0.6 is 0 Å². The van der Waals surface area contributed by atoms with Gasteiger partial charge in [-0.3, -0.25) is 0 Å². The Morgan fingerprint density at radius 2 is 2.04 bits per heavy atom. The topological polar surface area (TPSA) is 84.8 Å². The summed E-state index contributed by atoms with van der Waals surface area (Å²) >= 11 is 0. The molecule has 1 heterocycles. The number of halogens is 2. The zero-order valence-corrected chi connectivity index (χ0v) is 12.9. The van der Waals surface area contributed by atoms with E-state index in [2.05, 4.69) is 14.7 Å². The first kappa shape index (κ1) is 17.4. The number of carboxylic acid groups (broad SMARTS) is 1. The molecule has 0 aliphatic heterocycles. The second-order valence-electron chi connectivity index (χ2n) is 4.78. The van der Waals surface area contributed by atoms with E-state index >= 15 is 0 Å². The van der Waals surface area contributed by atoms with Crippen LogP contribution in [0.1, 0.15) is 16.1 Å². The Bertz CT molecular complexity index is 710. The molecular formula is C15H15F2N3O4. The zero-order chi connectivity index (χ0) is 17.7. The van der Waals surface area contributed by atoms with Gasteiger partial charge in [0.2, 0.25) is 0 Å². The molecule has 7 nitrogen and oxygen atoms in total. The van der Waals surface area contributed by atoms with Gasteiger partial charge in [0, 0.05) is 13.6 Å². The maximum absolute atomic E-state index is 12.4. The van der Waals surface area contributed by atoms with Crippen LogP contribution in [0.3, 0.4) is 0 Å². The molecule has 2 aromatic rings. The van der Waals surface area contributed by atoms with E-state index in [0.29, 0.717) is 17.9 Å². The van der Waals surface area contributed by atoms with Crippen LogP contribution in [0.5, 0.6) is 11.5 Å². The van der Waals surface area contributed by atoms with E-state index in [1.54, 1.807) is 18.0 Å². The lowest BCUT2D eigenvalue weighted by Crippen LogP contribution is -2.18. The number of alkyl halides is 2. The van der Waals surface area contributed by atoms with Gasteiger partial charge in [-0.15, -0.1) is 0 Å². The lowest BCUT2D eigenvalue weighted by molar-refractivity contribution is -0.0512. The number of rotatable bonds is 7. The number of ether oxygens (including phenoxy) is 2. The van der Waals surface area contributed by atoms with Crippen LogP contribution < -0.4 is 14.4 Å². The molecule has 128 valence electrons. The van der Waals surface area contributed by atoms with Gasteiger partial charge in [-0.05, 0) is 17.7 Å². The van der Waals surface area contributed by atoms with Gasteiger partial charge in [-0.2, -0.15) is 8.78 Å². The predicted octanol–water partition coefficient (Wildman–Crippen LogP) is 2.42. The predicted molar refractivity (Wildman–Crippen MR) is 80.7 cm³/mol. The maximum atomic E-state index is 12.4. The third-order valence-corrected chi connectivity index (χ3v) is 3.11. The Labute approximate surface area is 136 Å². The summed E-state index contributed by atoms with van der Waals surface area (Å²) in [6, 6.07) is 4.67. The molecule has 24 heavy (non-hydrogen) atoms. The molecule has 0 aliphatic rings. The molecular weight excluding hydrogens is 324 g/mol. The smallest absolute Gasteiger partial charge is 0.387 e. The Morgan fingerprint density at radius 1 is 1.29 bits per heavy atom. The third-order valence-electron chi connectivity index (χ3n) is 3.11. The van der Waals surface area contributed by atoms with Crippen LogP contribution in [-0.2, 0) is 6.54 Å². The lowest BCUT2D eigenvalue weighted by atomic mass is 10.2. The average molecular weight is 339 g/mol. The molecule has 0 saturated heterocycles. The largest absolute Gasteiger partial charge is 0.493 e. The number of anilines is 1. The molecule has 1 aromatic heterocycles. The lowest BCUT2D eigenvalue weighted by Gasteiger charge is -2.19. The highest BCUT2D eigenvalue weighted by Crippen LogP contribution is 2.30. The van der Waals surface area contributed by atoms with Crippen molar-refractivity contribution in [1.82, 2.24) is 9.97 Å². The number of methoxy groups -OCH3 is 1. The van der Waals surface area contributed by atoms with Crippen molar-refractivity contribution >= 4 is 11.8 Å². The fourth-order valence-electron chi connectivity index (χ4n) is 1.99. The summed E-state index contributed by atoms with van der Waals surface area (Å²) in [6.45, 7) is -2.63. The van der Waals surface area contributed by atoms with Crippen molar-refractivity contribution in [3.63, 3.8) is 0 Å². The molecule has 0 aliphatic carbocycles. The number of hydrogen-bond acceptors (Lipinski definition) is 6. The minimum absolute atomic E-state index is 0.0642. The Hall–Kier alpha value is -2.97. The van der Waals surface area contributed by atoms with E-state index in [4.69, 9.17) is 9.84 Å². The van der Waals surface area contributed by atoms with Crippen molar-refractivity contribution in [2.24, 2.45) is 0 Å². The highest BCUT2D eigenvalue weighted by atomic mass is 19.3. The molecule has 9 heteroatoms. The second-order valence-corrected chi connectivity index (χ2v) is 4.78. The molecule has 0 atom stereocenters. The first-order chi connectivity index (χ1) is 11.4. The molecule has 1 aromatic carbocycles. The number of aromatic nitrogens is 2. The molecule has 0 unspecified atom stereocenters. The Kier molecular flexibility index (Phi) is 5.46. The molecule has 0 radical (unpaired) electrons. The first-order valence-corrected chi connectivity index (χ1v) is 6.79. The third kappa shape index (κ3) is 4.28. The van der Waals surface area contributed by atoms with Crippen molar-refractivity contribution < 1.29 is 28.2 Å². The van der Waals surface area contributed by atoms with Gasteiger partial charge in [-0.1, -0.05) is 6.07 Å². The zero-order valence-electron chi connectivity index (χ0n) is 12.9. The van der Waals surface area contributed by atoms with E-state index in [9.17, 15) is 13.6 Å². The standard InChI is InChI=1S/C15H15F2N3O4/c1-20(13-7-18-10(6-19-13)14(21)22)8-9-3-4-11(23-2)12(5-9)24-15(16)17/h3-7,15H,8H2,1-2H3,(H,21,22). The van der Waals surface area contributed by atoms with Gasteiger partial charge in [0.05, 0.1) is 19.5 Å². The van der Waals surface area contributed by atoms with Gasteiger partial charge in [-0.25, -0.2) is 14.8 Å². The van der Waals surface area contributed by atoms with E-state index in [0.717, 1.165) is 6.20 Å². The molecule has 1 N–H and O–H groups in total. The van der Waals surface area contributed by atoms with Crippen LogP contribution in [0.15, 0.2) is 30.6 Å². The van der Waals surface area contributed by atoms with Gasteiger partial charge in [0.15, 0.2) is 17.2 Å². The molecule has 0 amide bonds. The minimum Gasteiger partial charge on any atom is -0.493 e. The monoisotopic (exact) mass is 339 g/mol. The van der Waals surface area contributed by atoms with Crippen LogP contribution in [0.2, 0.25) is 0 Å². The number of carbonyl (C=O) groups is 1. The molecule has 0 saturated carbocycles. The quantitative estimate of drug-likeness (QED) is 0.829. The molecule has 0 fully saturated rings. The molecule has 0 bridgehead atoms. The highest BCUT2D eigenvalue weighted by molar-refractivity contribution is 5.84. The molecule has 0 spiro atoms. The summed E-state index contributed by atoms with van der Waals surface area (Å²) in [6.07, 6.45) is 2.47. The van der Waals surface area contributed by atoms with Crippen molar-refractivity contribution in [2.75, 3.05) is 19.1 Å². The van der Waals surface area contributed by atoms with Crippen molar-refractivity contribution in [2.45, 2.75) is 13.2 Å². The summed E-state index contributed by atoms with van der Waals surface area (Å²) in [5.74, 6) is -0.592. The highest BCUT2D eigenvalue weighted by Gasteiger charge is 2.13. The normalized spacial score (nSPS) is 10.5. The van der Waals surface area contributed by atoms with Gasteiger partial charge in [0.1, 0.15) is 5.82 Å². The summed E-state index contributed by atoms with van der Waals surface area (Å²) < 4.78 is 34.3. The summed E-state index contributed by atoms with van der Waals surface area (Å²) in [5, 5.41) is 8.80. The van der Waals surface area contributed by atoms with Crippen LogP contribution in [-0.4, -0.2) is 41.8 Å². The fraction of sp³-hybridized carbons (Fsp3) is 0.267.